The van der Waals surface area contributed by atoms with Crippen LogP contribution in [0.15, 0.2) is 18.3 Å². The van der Waals surface area contributed by atoms with E-state index in [2.05, 4.69) is 15.3 Å². The van der Waals surface area contributed by atoms with Crippen molar-refractivity contribution in [2.24, 2.45) is 0 Å². The Labute approximate surface area is 119 Å². The zero-order valence-electron chi connectivity index (χ0n) is 11.0. The van der Waals surface area contributed by atoms with Crippen LogP contribution in [0.1, 0.15) is 38.3 Å². The van der Waals surface area contributed by atoms with E-state index in [-0.39, 0.29) is 11.3 Å². The van der Waals surface area contributed by atoms with Crippen molar-refractivity contribution in [3.63, 3.8) is 0 Å². The third-order valence-corrected chi connectivity index (χ3v) is 3.62. The molecule has 1 amide bonds. The molecular weight excluding hydrogens is 278 g/mol. The lowest BCUT2D eigenvalue weighted by atomic mass is 10.2. The quantitative estimate of drug-likeness (QED) is 0.902. The van der Waals surface area contributed by atoms with Gasteiger partial charge in [-0.15, -0.1) is 11.3 Å². The van der Waals surface area contributed by atoms with Gasteiger partial charge in [0, 0.05) is 11.1 Å². The summed E-state index contributed by atoms with van der Waals surface area (Å²) in [6, 6.07) is 2.72. The van der Waals surface area contributed by atoms with Gasteiger partial charge in [0.25, 0.3) is 5.91 Å². The Kier molecular flexibility index (Phi) is 4.09. The molecule has 0 aliphatic heterocycles. The number of carbonyl (C=O) groups is 2. The number of aromatic nitrogens is 2. The lowest BCUT2D eigenvalue weighted by Gasteiger charge is -2.01. The summed E-state index contributed by atoms with van der Waals surface area (Å²) in [7, 11) is 0. The normalized spacial score (nSPS) is 10.3. The largest absolute Gasteiger partial charge is 0.478 e. The molecule has 0 radical (unpaired) electrons. The molecule has 0 aromatic carbocycles. The highest BCUT2D eigenvalue weighted by atomic mass is 32.1. The molecule has 0 saturated carbocycles. The maximum Gasteiger partial charge on any atom is 0.337 e. The van der Waals surface area contributed by atoms with Crippen LogP contribution in [0.2, 0.25) is 0 Å². The van der Waals surface area contributed by atoms with Gasteiger partial charge in [-0.25, -0.2) is 9.78 Å². The van der Waals surface area contributed by atoms with Crippen LogP contribution in [0.3, 0.4) is 0 Å². The number of amides is 1. The van der Waals surface area contributed by atoms with E-state index in [9.17, 15) is 9.59 Å². The average molecular weight is 291 g/mol. The van der Waals surface area contributed by atoms with Gasteiger partial charge >= 0.3 is 5.97 Å². The first-order chi connectivity index (χ1) is 9.51. The highest BCUT2D eigenvalue weighted by Gasteiger charge is 2.13. The molecule has 2 N–H and O–H groups in total. The van der Waals surface area contributed by atoms with E-state index in [1.807, 2.05) is 13.8 Å². The van der Waals surface area contributed by atoms with E-state index in [4.69, 9.17) is 5.11 Å². The molecule has 2 heterocycles. The van der Waals surface area contributed by atoms with Crippen LogP contribution < -0.4 is 5.32 Å². The Hall–Kier alpha value is -2.28. The first-order valence-electron chi connectivity index (χ1n) is 5.98. The SMILES string of the molecule is CCc1nc(NC(=O)c2ccc(C(=O)O)cn2)sc1C. The molecule has 7 heteroatoms. The van der Waals surface area contributed by atoms with E-state index in [1.165, 1.54) is 23.5 Å². The number of carboxylic acid groups (broad SMARTS) is 1. The number of pyridine rings is 1. The number of hydrogen-bond acceptors (Lipinski definition) is 5. The number of aromatic carboxylic acids is 1. The van der Waals surface area contributed by atoms with Crippen LogP contribution in [0.5, 0.6) is 0 Å². The Morgan fingerprint density at radius 2 is 2.15 bits per heavy atom. The van der Waals surface area contributed by atoms with Crippen molar-refractivity contribution in [1.29, 1.82) is 0 Å². The fourth-order valence-electron chi connectivity index (χ4n) is 1.63. The summed E-state index contributed by atoms with van der Waals surface area (Å²) in [5, 5.41) is 11.9. The van der Waals surface area contributed by atoms with Gasteiger partial charge in [-0.2, -0.15) is 0 Å². The number of rotatable bonds is 4. The summed E-state index contributed by atoms with van der Waals surface area (Å²) in [6.45, 7) is 3.95. The Balaban J connectivity index is 2.13. The van der Waals surface area contributed by atoms with Crippen molar-refractivity contribution < 1.29 is 14.7 Å². The summed E-state index contributed by atoms with van der Waals surface area (Å²) in [5.41, 5.74) is 1.15. The molecular formula is C13H13N3O3S. The highest BCUT2D eigenvalue weighted by Crippen LogP contribution is 2.22. The van der Waals surface area contributed by atoms with Crippen LogP contribution in [0, 0.1) is 6.92 Å². The van der Waals surface area contributed by atoms with Crippen molar-refractivity contribution in [1.82, 2.24) is 9.97 Å². The molecule has 0 atom stereocenters. The van der Waals surface area contributed by atoms with Crippen molar-refractivity contribution in [2.75, 3.05) is 5.32 Å². The first kappa shape index (κ1) is 14.1. The number of aryl methyl sites for hydroxylation is 2. The van der Waals surface area contributed by atoms with Gasteiger partial charge < -0.3 is 5.11 Å². The van der Waals surface area contributed by atoms with Gasteiger partial charge in [-0.1, -0.05) is 6.92 Å². The van der Waals surface area contributed by atoms with Crippen molar-refractivity contribution in [3.8, 4) is 0 Å². The van der Waals surface area contributed by atoms with Gasteiger partial charge in [0.15, 0.2) is 5.13 Å². The summed E-state index contributed by atoms with van der Waals surface area (Å²) >= 11 is 1.41. The van der Waals surface area contributed by atoms with Gasteiger partial charge in [-0.3, -0.25) is 15.1 Å². The van der Waals surface area contributed by atoms with Gasteiger partial charge in [-0.05, 0) is 25.5 Å². The third-order valence-electron chi connectivity index (χ3n) is 2.69. The predicted molar refractivity (Wildman–Crippen MR) is 75.4 cm³/mol. The zero-order valence-corrected chi connectivity index (χ0v) is 11.8. The standard InChI is InChI=1S/C13H13N3O3S/c1-3-9-7(2)20-13(15-9)16-11(17)10-5-4-8(6-14-10)12(18)19/h4-6H,3H2,1-2H3,(H,18,19)(H,15,16,17). The molecule has 0 fully saturated rings. The minimum absolute atomic E-state index is 0.0416. The minimum atomic E-state index is -1.08. The topological polar surface area (TPSA) is 92.2 Å². The number of carboxylic acids is 1. The maximum atomic E-state index is 11.9. The number of hydrogen-bond donors (Lipinski definition) is 2. The Bertz CT molecular complexity index is 649. The van der Waals surface area contributed by atoms with E-state index in [0.717, 1.165) is 23.2 Å². The molecule has 0 saturated heterocycles. The van der Waals surface area contributed by atoms with Crippen molar-refractivity contribution in [2.45, 2.75) is 20.3 Å². The molecule has 2 aromatic rings. The fraction of sp³-hybridized carbons (Fsp3) is 0.231. The summed E-state index contributed by atoms with van der Waals surface area (Å²) in [6.07, 6.45) is 1.96. The number of carbonyl (C=O) groups excluding carboxylic acids is 1. The van der Waals surface area contributed by atoms with Crippen molar-refractivity contribution >= 4 is 28.3 Å². The second-order valence-corrected chi connectivity index (χ2v) is 5.27. The number of nitrogens with zero attached hydrogens (tertiary/aromatic N) is 2. The number of thiazole rings is 1. The van der Waals surface area contributed by atoms with Gasteiger partial charge in [0.05, 0.1) is 11.3 Å². The van der Waals surface area contributed by atoms with Gasteiger partial charge in [0.1, 0.15) is 5.69 Å². The predicted octanol–water partition coefficient (Wildman–Crippen LogP) is 2.36. The Morgan fingerprint density at radius 3 is 2.65 bits per heavy atom. The van der Waals surface area contributed by atoms with Gasteiger partial charge in [0.2, 0.25) is 0 Å². The minimum Gasteiger partial charge on any atom is -0.478 e. The van der Waals surface area contributed by atoms with E-state index >= 15 is 0 Å². The fourth-order valence-corrected chi connectivity index (χ4v) is 2.52. The molecule has 0 bridgehead atoms. The second-order valence-electron chi connectivity index (χ2n) is 4.07. The zero-order chi connectivity index (χ0) is 14.7. The van der Waals surface area contributed by atoms with Crippen LogP contribution in [-0.2, 0) is 6.42 Å². The third kappa shape index (κ3) is 3.00. The molecule has 2 rings (SSSR count). The van der Waals surface area contributed by atoms with Crippen LogP contribution in [0.4, 0.5) is 5.13 Å². The molecule has 20 heavy (non-hydrogen) atoms. The molecule has 104 valence electrons. The molecule has 2 aromatic heterocycles. The van der Waals surface area contributed by atoms with Crippen LogP contribution in [0.25, 0.3) is 0 Å². The summed E-state index contributed by atoms with van der Waals surface area (Å²) in [5.74, 6) is -1.48. The monoisotopic (exact) mass is 291 g/mol. The molecule has 0 aliphatic rings. The molecule has 0 aliphatic carbocycles. The van der Waals surface area contributed by atoms with Crippen LogP contribution >= 0.6 is 11.3 Å². The Morgan fingerprint density at radius 1 is 1.40 bits per heavy atom. The van der Waals surface area contributed by atoms with Crippen LogP contribution in [-0.4, -0.2) is 27.0 Å². The maximum absolute atomic E-state index is 11.9. The molecule has 0 spiro atoms. The van der Waals surface area contributed by atoms with E-state index in [0.29, 0.717) is 5.13 Å². The van der Waals surface area contributed by atoms with E-state index < -0.39 is 11.9 Å². The van der Waals surface area contributed by atoms with Crippen molar-refractivity contribution in [3.05, 3.63) is 40.2 Å². The summed E-state index contributed by atoms with van der Waals surface area (Å²) < 4.78 is 0. The number of anilines is 1. The lowest BCUT2D eigenvalue weighted by Crippen LogP contribution is -2.14. The highest BCUT2D eigenvalue weighted by molar-refractivity contribution is 7.15. The summed E-state index contributed by atoms with van der Waals surface area (Å²) in [4.78, 5) is 31.8. The lowest BCUT2D eigenvalue weighted by molar-refractivity contribution is 0.0696. The first-order valence-corrected chi connectivity index (χ1v) is 6.80. The molecule has 0 unspecified atom stereocenters. The average Bonchev–Trinajstić information content (AvgIpc) is 2.78. The number of nitrogens with one attached hydrogen (secondary N) is 1. The smallest absolute Gasteiger partial charge is 0.337 e. The molecule has 6 nitrogen and oxygen atoms in total. The van der Waals surface area contributed by atoms with E-state index in [1.54, 1.807) is 0 Å². The second kappa shape index (κ2) is 5.79.